The summed E-state index contributed by atoms with van der Waals surface area (Å²) in [7, 11) is 0. The Bertz CT molecular complexity index is 1050. The molecular formula is C31H40O6S2. The zero-order valence-corrected chi connectivity index (χ0v) is 25.7. The molecule has 8 heteroatoms. The third kappa shape index (κ3) is 10.3. The minimum absolute atomic E-state index is 0.203. The molecule has 0 N–H and O–H groups in total. The Morgan fingerprint density at radius 1 is 0.641 bits per heavy atom. The van der Waals surface area contributed by atoms with Crippen molar-refractivity contribution >= 4 is 35.5 Å². The molecule has 0 aliphatic heterocycles. The van der Waals surface area contributed by atoms with E-state index in [1.807, 2.05) is 52.0 Å². The van der Waals surface area contributed by atoms with Gasteiger partial charge >= 0.3 is 11.9 Å². The Kier molecular flexibility index (Phi) is 12.1. The van der Waals surface area contributed by atoms with E-state index in [4.69, 9.17) is 18.9 Å². The van der Waals surface area contributed by atoms with Gasteiger partial charge in [0.2, 0.25) is 0 Å². The summed E-state index contributed by atoms with van der Waals surface area (Å²) in [6.07, 6.45) is 0. The van der Waals surface area contributed by atoms with Crippen LogP contribution < -0.4 is 9.47 Å². The molecule has 4 unspecified atom stereocenters. The Morgan fingerprint density at radius 3 is 1.23 bits per heavy atom. The number of hydrogen-bond donors (Lipinski definition) is 0. The van der Waals surface area contributed by atoms with Crippen LogP contribution in [0.15, 0.2) is 72.8 Å². The van der Waals surface area contributed by atoms with Crippen molar-refractivity contribution in [2.45, 2.75) is 82.5 Å². The van der Waals surface area contributed by atoms with E-state index in [0.717, 1.165) is 22.6 Å². The SMILES string of the molecule is C=C(C)C(=O)OC(C)SC(C)Oc1ccc(C(C)(C)c2ccc(OC(C)SC(C)OC(=O)C(=C)C)cc2)cc1. The average Bonchev–Trinajstić information content (AvgIpc) is 2.84. The van der Waals surface area contributed by atoms with Crippen LogP contribution in [0.5, 0.6) is 11.5 Å². The van der Waals surface area contributed by atoms with Crippen LogP contribution >= 0.6 is 23.5 Å². The molecule has 0 heterocycles. The van der Waals surface area contributed by atoms with Crippen molar-refractivity contribution in [2.75, 3.05) is 0 Å². The molecule has 6 nitrogen and oxygen atoms in total. The number of carbonyl (C=O) groups excluding carboxylic acids is 2. The highest BCUT2D eigenvalue weighted by Crippen LogP contribution is 2.34. The molecule has 0 saturated carbocycles. The number of esters is 2. The van der Waals surface area contributed by atoms with Crippen LogP contribution in [0.25, 0.3) is 0 Å². The summed E-state index contributed by atoms with van der Waals surface area (Å²) in [5.41, 5.74) is 1.69. The summed E-state index contributed by atoms with van der Waals surface area (Å²) in [6, 6.07) is 16.1. The van der Waals surface area contributed by atoms with Crippen LogP contribution in [0.3, 0.4) is 0 Å². The number of ether oxygens (including phenoxy) is 4. The minimum atomic E-state index is -0.405. The maximum atomic E-state index is 11.7. The molecule has 0 aliphatic carbocycles. The van der Waals surface area contributed by atoms with Crippen molar-refractivity contribution in [1.82, 2.24) is 0 Å². The third-order valence-corrected chi connectivity index (χ3v) is 7.68. The van der Waals surface area contributed by atoms with Gasteiger partial charge < -0.3 is 18.9 Å². The zero-order valence-electron chi connectivity index (χ0n) is 24.1. The lowest BCUT2D eigenvalue weighted by atomic mass is 9.78. The van der Waals surface area contributed by atoms with Gasteiger partial charge in [-0.2, -0.15) is 0 Å². The average molecular weight is 573 g/mol. The second kappa shape index (κ2) is 14.5. The molecule has 39 heavy (non-hydrogen) atoms. The number of benzene rings is 2. The summed E-state index contributed by atoms with van der Waals surface area (Å²) in [5, 5.41) is 0. The molecular weight excluding hydrogens is 532 g/mol. The molecule has 0 bridgehead atoms. The highest BCUT2D eigenvalue weighted by molar-refractivity contribution is 8.00. The van der Waals surface area contributed by atoms with Crippen molar-refractivity contribution in [3.63, 3.8) is 0 Å². The van der Waals surface area contributed by atoms with Crippen LogP contribution in [0, 0.1) is 0 Å². The van der Waals surface area contributed by atoms with Crippen molar-refractivity contribution in [3.05, 3.63) is 84.0 Å². The highest BCUT2D eigenvalue weighted by Gasteiger charge is 2.24. The number of thioether (sulfide) groups is 2. The van der Waals surface area contributed by atoms with Gasteiger partial charge in [-0.3, -0.25) is 0 Å². The largest absolute Gasteiger partial charge is 0.480 e. The Balaban J connectivity index is 1.95. The summed E-state index contributed by atoms with van der Waals surface area (Å²) in [4.78, 5) is 23.4. The lowest BCUT2D eigenvalue weighted by Gasteiger charge is -2.27. The van der Waals surface area contributed by atoms with Crippen LogP contribution in [-0.4, -0.2) is 33.7 Å². The van der Waals surface area contributed by atoms with E-state index in [0.29, 0.717) is 11.1 Å². The van der Waals surface area contributed by atoms with Crippen molar-refractivity contribution < 1.29 is 28.5 Å². The third-order valence-electron chi connectivity index (χ3n) is 5.77. The van der Waals surface area contributed by atoms with Gasteiger partial charge in [-0.05, 0) is 76.9 Å². The molecule has 0 amide bonds. The summed E-state index contributed by atoms with van der Waals surface area (Å²) in [5.74, 6) is 0.675. The Morgan fingerprint density at radius 2 is 0.949 bits per heavy atom. The quantitative estimate of drug-likeness (QED) is 0.129. The van der Waals surface area contributed by atoms with Gasteiger partial charge in [-0.25, -0.2) is 9.59 Å². The smallest absolute Gasteiger partial charge is 0.334 e. The normalized spacial score (nSPS) is 14.4. The topological polar surface area (TPSA) is 71.1 Å². The second-order valence-electron chi connectivity index (χ2n) is 9.82. The molecule has 0 spiro atoms. The van der Waals surface area contributed by atoms with E-state index in [1.165, 1.54) is 23.5 Å². The second-order valence-corrected chi connectivity index (χ2v) is 13.0. The van der Waals surface area contributed by atoms with Crippen molar-refractivity contribution in [1.29, 1.82) is 0 Å². The van der Waals surface area contributed by atoms with Crippen LogP contribution in [0.2, 0.25) is 0 Å². The number of hydrogen-bond acceptors (Lipinski definition) is 8. The lowest BCUT2D eigenvalue weighted by molar-refractivity contribution is -0.140. The fourth-order valence-electron chi connectivity index (χ4n) is 3.60. The highest BCUT2D eigenvalue weighted by atomic mass is 32.2. The maximum absolute atomic E-state index is 11.7. The molecule has 212 valence electrons. The van der Waals surface area contributed by atoms with Gasteiger partial charge in [-0.15, -0.1) is 0 Å². The molecule has 2 rings (SSSR count). The van der Waals surface area contributed by atoms with Crippen molar-refractivity contribution in [3.8, 4) is 11.5 Å². The fourth-order valence-corrected chi connectivity index (χ4v) is 5.30. The van der Waals surface area contributed by atoms with Crippen molar-refractivity contribution in [2.24, 2.45) is 0 Å². The van der Waals surface area contributed by atoms with Gasteiger partial charge in [0.1, 0.15) is 33.2 Å². The van der Waals surface area contributed by atoms with E-state index in [-0.39, 0.29) is 27.2 Å². The first-order chi connectivity index (χ1) is 18.2. The molecule has 0 saturated heterocycles. The lowest BCUT2D eigenvalue weighted by Crippen LogP contribution is -2.20. The molecule has 0 aliphatic rings. The molecule has 0 fully saturated rings. The zero-order chi connectivity index (χ0) is 29.3. The minimum Gasteiger partial charge on any atom is -0.480 e. The molecule has 4 atom stereocenters. The Hall–Kier alpha value is -2.84. The first-order valence-corrected chi connectivity index (χ1v) is 14.7. The molecule has 0 radical (unpaired) electrons. The molecule has 2 aromatic carbocycles. The van der Waals surface area contributed by atoms with Crippen LogP contribution in [0.4, 0.5) is 0 Å². The summed E-state index contributed by atoms with van der Waals surface area (Å²) in [6.45, 7) is 22.3. The first-order valence-electron chi connectivity index (χ1n) is 12.8. The van der Waals surface area contributed by atoms with E-state index < -0.39 is 11.9 Å². The Labute approximate surface area is 241 Å². The fraction of sp³-hybridized carbons (Fsp3) is 0.419. The first kappa shape index (κ1) is 32.4. The number of carbonyl (C=O) groups is 2. The monoisotopic (exact) mass is 572 g/mol. The van der Waals surface area contributed by atoms with E-state index >= 15 is 0 Å². The summed E-state index contributed by atoms with van der Waals surface area (Å²) >= 11 is 2.83. The van der Waals surface area contributed by atoms with Crippen LogP contribution in [-0.2, 0) is 24.5 Å². The molecule has 2 aromatic rings. The van der Waals surface area contributed by atoms with Gasteiger partial charge in [0.15, 0.2) is 0 Å². The predicted octanol–water partition coefficient (Wildman–Crippen LogP) is 7.86. The van der Waals surface area contributed by atoms with E-state index in [1.54, 1.807) is 13.8 Å². The number of rotatable bonds is 14. The predicted molar refractivity (Wildman–Crippen MR) is 161 cm³/mol. The van der Waals surface area contributed by atoms with E-state index in [9.17, 15) is 9.59 Å². The van der Waals surface area contributed by atoms with Gasteiger partial charge in [0.05, 0.1) is 0 Å². The molecule has 0 aromatic heterocycles. The van der Waals surface area contributed by atoms with Gasteiger partial charge in [0, 0.05) is 16.6 Å². The van der Waals surface area contributed by atoms with Crippen LogP contribution in [0.1, 0.15) is 66.5 Å². The summed E-state index contributed by atoms with van der Waals surface area (Å²) < 4.78 is 22.7. The standard InChI is InChI=1S/C31H40O6S2/c1-19(2)29(32)36-23(7)38-21(5)34-27-15-11-25(12-16-27)31(9,10)26-13-17-28(18-14-26)35-22(6)39-24(8)37-30(33)20(3)4/h11-18,21-24H,1,3H2,2,4-10H3. The maximum Gasteiger partial charge on any atom is 0.334 e. The van der Waals surface area contributed by atoms with Gasteiger partial charge in [-0.1, -0.05) is 74.8 Å². The van der Waals surface area contributed by atoms with Gasteiger partial charge in [0.25, 0.3) is 0 Å². The van der Waals surface area contributed by atoms with E-state index in [2.05, 4.69) is 51.3 Å².